The number of amides is 1. The van der Waals surface area contributed by atoms with Crippen LogP contribution in [0.25, 0.3) is 11.2 Å². The number of carbonyl (C=O) groups excluding carboxylic acids is 1. The summed E-state index contributed by atoms with van der Waals surface area (Å²) >= 11 is 0. The Kier molecular flexibility index (Phi) is 5.98. The predicted molar refractivity (Wildman–Crippen MR) is 113 cm³/mol. The Morgan fingerprint density at radius 2 is 1.79 bits per heavy atom. The molecule has 1 N–H and O–H groups in total. The fourth-order valence-electron chi connectivity index (χ4n) is 3.25. The van der Waals surface area contributed by atoms with Gasteiger partial charge in [0.2, 0.25) is 5.91 Å². The second-order valence-electron chi connectivity index (χ2n) is 6.99. The van der Waals surface area contributed by atoms with Gasteiger partial charge in [0.1, 0.15) is 24.5 Å². The van der Waals surface area contributed by atoms with Gasteiger partial charge in [0.25, 0.3) is 5.56 Å². The highest BCUT2D eigenvalue weighted by Crippen LogP contribution is 2.29. The molecule has 4 rings (SSSR count). The summed E-state index contributed by atoms with van der Waals surface area (Å²) in [6, 6.07) is 7.91. The van der Waals surface area contributed by atoms with E-state index in [4.69, 9.17) is 9.47 Å². The molecule has 2 aromatic carbocycles. The van der Waals surface area contributed by atoms with Crippen LogP contribution >= 0.6 is 0 Å². The number of nitrogens with zero attached hydrogens (tertiary/aromatic N) is 5. The van der Waals surface area contributed by atoms with Crippen LogP contribution in [-0.2, 0) is 17.9 Å². The number of benzene rings is 2. The number of aromatic nitrogens is 5. The third-order valence-electron chi connectivity index (χ3n) is 4.73. The van der Waals surface area contributed by atoms with E-state index in [1.165, 1.54) is 25.2 Å². The first-order valence-electron chi connectivity index (χ1n) is 9.63. The average molecular weight is 456 g/mol. The van der Waals surface area contributed by atoms with Gasteiger partial charge >= 0.3 is 0 Å². The lowest BCUT2D eigenvalue weighted by atomic mass is 10.2. The molecule has 170 valence electrons. The van der Waals surface area contributed by atoms with Crippen molar-refractivity contribution in [3.8, 4) is 11.5 Å². The molecule has 0 saturated carbocycles. The van der Waals surface area contributed by atoms with Crippen molar-refractivity contribution in [3.63, 3.8) is 0 Å². The summed E-state index contributed by atoms with van der Waals surface area (Å²) in [4.78, 5) is 29.3. The van der Waals surface area contributed by atoms with Gasteiger partial charge in [0, 0.05) is 17.8 Å². The maximum atomic E-state index is 13.4. The van der Waals surface area contributed by atoms with Crippen LogP contribution in [0.2, 0.25) is 0 Å². The molecule has 10 nitrogen and oxygen atoms in total. The number of fused-ring (bicyclic) bond motifs is 1. The van der Waals surface area contributed by atoms with Crippen molar-refractivity contribution in [1.82, 2.24) is 24.5 Å². The van der Waals surface area contributed by atoms with Crippen molar-refractivity contribution >= 4 is 22.8 Å². The van der Waals surface area contributed by atoms with Gasteiger partial charge in [-0.2, -0.15) is 0 Å². The number of anilines is 1. The Morgan fingerprint density at radius 3 is 2.48 bits per heavy atom. The molecule has 12 heteroatoms. The highest BCUT2D eigenvalue weighted by Gasteiger charge is 2.15. The first kappa shape index (κ1) is 21.9. The SMILES string of the molecule is COc1ccc(NC(=O)Cn2cnc3c(nnn3Cc3cc(F)cc(F)c3)c2=O)cc1OC. The van der Waals surface area contributed by atoms with E-state index in [9.17, 15) is 18.4 Å². The van der Waals surface area contributed by atoms with E-state index < -0.39 is 23.1 Å². The van der Waals surface area contributed by atoms with E-state index in [-0.39, 0.29) is 24.3 Å². The molecule has 0 aliphatic heterocycles. The van der Waals surface area contributed by atoms with Gasteiger partial charge in [0.05, 0.1) is 20.8 Å². The summed E-state index contributed by atoms with van der Waals surface area (Å²) in [5, 5.41) is 10.3. The first-order chi connectivity index (χ1) is 15.9. The zero-order chi connectivity index (χ0) is 23.5. The molecule has 0 fully saturated rings. The molecule has 0 bridgehead atoms. The van der Waals surface area contributed by atoms with Gasteiger partial charge in [-0.3, -0.25) is 14.2 Å². The number of nitrogens with one attached hydrogen (secondary N) is 1. The van der Waals surface area contributed by atoms with Crippen LogP contribution in [0, 0.1) is 11.6 Å². The van der Waals surface area contributed by atoms with Crippen LogP contribution in [0.1, 0.15) is 5.56 Å². The number of halogens is 2. The number of rotatable bonds is 7. The summed E-state index contributed by atoms with van der Waals surface area (Å²) < 4.78 is 39.6. The summed E-state index contributed by atoms with van der Waals surface area (Å²) in [5.74, 6) is -1.00. The zero-order valence-electron chi connectivity index (χ0n) is 17.6. The molecular formula is C21H18F2N6O4. The van der Waals surface area contributed by atoms with Gasteiger partial charge in [-0.15, -0.1) is 5.10 Å². The maximum absolute atomic E-state index is 13.4. The summed E-state index contributed by atoms with van der Waals surface area (Å²) in [7, 11) is 2.97. The van der Waals surface area contributed by atoms with E-state index in [1.807, 2.05) is 0 Å². The predicted octanol–water partition coefficient (Wildman–Crippen LogP) is 1.97. The van der Waals surface area contributed by atoms with Crippen molar-refractivity contribution in [2.24, 2.45) is 0 Å². The first-order valence-corrected chi connectivity index (χ1v) is 9.63. The van der Waals surface area contributed by atoms with Gasteiger partial charge < -0.3 is 14.8 Å². The number of carbonyl (C=O) groups is 1. The van der Waals surface area contributed by atoms with E-state index in [0.717, 1.165) is 22.8 Å². The Morgan fingerprint density at radius 1 is 1.06 bits per heavy atom. The summed E-state index contributed by atoms with van der Waals surface area (Å²) in [6.45, 7) is -0.362. The normalized spacial score (nSPS) is 10.9. The smallest absolute Gasteiger partial charge is 0.283 e. The largest absolute Gasteiger partial charge is 0.493 e. The highest BCUT2D eigenvalue weighted by molar-refractivity contribution is 5.91. The van der Waals surface area contributed by atoms with Gasteiger partial charge in [0.15, 0.2) is 22.7 Å². The molecule has 0 atom stereocenters. The van der Waals surface area contributed by atoms with Crippen molar-refractivity contribution in [3.05, 3.63) is 70.3 Å². The monoisotopic (exact) mass is 456 g/mol. The number of hydrogen-bond donors (Lipinski definition) is 1. The molecule has 2 heterocycles. The molecular weight excluding hydrogens is 438 g/mol. The second-order valence-corrected chi connectivity index (χ2v) is 6.99. The Labute approximate surface area is 185 Å². The average Bonchev–Trinajstić information content (AvgIpc) is 3.18. The van der Waals surface area contributed by atoms with Crippen molar-refractivity contribution < 1.29 is 23.0 Å². The van der Waals surface area contributed by atoms with E-state index in [1.54, 1.807) is 18.2 Å². The molecule has 0 unspecified atom stereocenters. The van der Waals surface area contributed by atoms with Gasteiger partial charge in [-0.25, -0.2) is 18.4 Å². The Hall–Kier alpha value is -4.35. The Bertz CT molecular complexity index is 1380. The maximum Gasteiger partial charge on any atom is 0.283 e. The fourth-order valence-corrected chi connectivity index (χ4v) is 3.25. The van der Waals surface area contributed by atoms with Gasteiger partial charge in [-0.1, -0.05) is 5.21 Å². The number of hydrogen-bond acceptors (Lipinski definition) is 7. The molecule has 4 aromatic rings. The summed E-state index contributed by atoms with van der Waals surface area (Å²) in [6.07, 6.45) is 1.19. The number of ether oxygens (including phenoxy) is 2. The Balaban J connectivity index is 1.53. The minimum Gasteiger partial charge on any atom is -0.493 e. The van der Waals surface area contributed by atoms with Gasteiger partial charge in [-0.05, 0) is 29.8 Å². The minimum absolute atomic E-state index is 0.0403. The van der Waals surface area contributed by atoms with Crippen LogP contribution < -0.4 is 20.3 Å². The minimum atomic E-state index is -0.731. The zero-order valence-corrected chi connectivity index (χ0v) is 17.6. The second kappa shape index (κ2) is 9.02. The quantitative estimate of drug-likeness (QED) is 0.452. The lowest BCUT2D eigenvalue weighted by Crippen LogP contribution is -2.28. The van der Waals surface area contributed by atoms with E-state index in [0.29, 0.717) is 22.7 Å². The van der Waals surface area contributed by atoms with Crippen molar-refractivity contribution in [2.45, 2.75) is 13.1 Å². The lowest BCUT2D eigenvalue weighted by Gasteiger charge is -2.11. The molecule has 0 saturated heterocycles. The molecule has 0 aliphatic carbocycles. The molecule has 0 radical (unpaired) electrons. The van der Waals surface area contributed by atoms with E-state index in [2.05, 4.69) is 20.6 Å². The lowest BCUT2D eigenvalue weighted by molar-refractivity contribution is -0.116. The van der Waals surface area contributed by atoms with E-state index >= 15 is 0 Å². The fraction of sp³-hybridized carbons (Fsp3) is 0.190. The van der Waals surface area contributed by atoms with Crippen LogP contribution in [0.15, 0.2) is 47.5 Å². The van der Waals surface area contributed by atoms with Crippen LogP contribution in [0.5, 0.6) is 11.5 Å². The van der Waals surface area contributed by atoms with Crippen molar-refractivity contribution in [1.29, 1.82) is 0 Å². The van der Waals surface area contributed by atoms with Crippen LogP contribution in [-0.4, -0.2) is 44.7 Å². The molecule has 2 aromatic heterocycles. The van der Waals surface area contributed by atoms with Crippen LogP contribution in [0.4, 0.5) is 14.5 Å². The third-order valence-corrected chi connectivity index (χ3v) is 4.73. The van der Waals surface area contributed by atoms with Crippen molar-refractivity contribution in [2.75, 3.05) is 19.5 Å². The third kappa shape index (κ3) is 4.63. The highest BCUT2D eigenvalue weighted by atomic mass is 19.1. The molecule has 1 amide bonds. The molecule has 0 spiro atoms. The molecule has 0 aliphatic rings. The molecule has 33 heavy (non-hydrogen) atoms. The summed E-state index contributed by atoms with van der Waals surface area (Å²) in [5.41, 5.74) is 0.209. The topological polar surface area (TPSA) is 113 Å². The standard InChI is InChI=1S/C21H18F2N6O4/c1-32-16-4-3-15(8-17(16)33-2)25-18(30)10-28-11-24-20-19(21(28)31)26-27-29(20)9-12-5-13(22)7-14(23)6-12/h3-8,11H,9-10H2,1-2H3,(H,25,30). The van der Waals surface area contributed by atoms with Crippen LogP contribution in [0.3, 0.4) is 0 Å². The number of methoxy groups -OCH3 is 2.